The second-order valence-electron chi connectivity index (χ2n) is 6.60. The highest BCUT2D eigenvalue weighted by molar-refractivity contribution is 7.98. The smallest absolute Gasteiger partial charge is 0.266 e. The summed E-state index contributed by atoms with van der Waals surface area (Å²) in [7, 11) is 0. The molecule has 4 N–H and O–H groups in total. The zero-order valence-corrected chi connectivity index (χ0v) is 16.8. The van der Waals surface area contributed by atoms with Gasteiger partial charge < -0.3 is 11.5 Å². The molecule has 2 aromatic heterocycles. The number of nitrogens with two attached hydrogens (primary N) is 2. The van der Waals surface area contributed by atoms with Gasteiger partial charge in [-0.15, -0.1) is 0 Å². The van der Waals surface area contributed by atoms with Crippen LogP contribution in [0.5, 0.6) is 0 Å². The number of aromatic nitrogens is 5. The fraction of sp³-hybridized carbons (Fsp3) is 0.150. The predicted octanol–water partition coefficient (Wildman–Crippen LogP) is 2.64. The molecule has 0 aliphatic rings. The van der Waals surface area contributed by atoms with Crippen LogP contribution in [-0.4, -0.2) is 24.5 Å². The number of rotatable bonds is 4. The van der Waals surface area contributed by atoms with Crippen LogP contribution in [0.15, 0.2) is 52.4 Å². The van der Waals surface area contributed by atoms with Crippen molar-refractivity contribution in [2.24, 2.45) is 0 Å². The van der Waals surface area contributed by atoms with Crippen molar-refractivity contribution in [1.29, 1.82) is 0 Å². The van der Waals surface area contributed by atoms with E-state index in [-0.39, 0.29) is 17.5 Å². The number of nitrogen functional groups attached to an aromatic ring is 2. The monoisotopic (exact) mass is 405 g/mol. The average molecular weight is 405 g/mol. The van der Waals surface area contributed by atoms with Gasteiger partial charge in [0.25, 0.3) is 5.56 Å². The van der Waals surface area contributed by atoms with Gasteiger partial charge in [-0.1, -0.05) is 36.0 Å². The number of aryl methyl sites for hydroxylation is 2. The van der Waals surface area contributed by atoms with E-state index in [4.69, 9.17) is 16.5 Å². The van der Waals surface area contributed by atoms with Gasteiger partial charge in [-0.05, 0) is 43.2 Å². The Morgan fingerprint density at radius 1 is 0.966 bits per heavy atom. The second kappa shape index (κ2) is 7.51. The van der Waals surface area contributed by atoms with Crippen molar-refractivity contribution in [1.82, 2.24) is 24.5 Å². The summed E-state index contributed by atoms with van der Waals surface area (Å²) in [5.74, 6) is 0.889. The molecule has 0 amide bonds. The summed E-state index contributed by atoms with van der Waals surface area (Å²) in [5.41, 5.74) is 14.7. The highest BCUT2D eigenvalue weighted by Crippen LogP contribution is 2.25. The molecule has 8 nitrogen and oxygen atoms in total. The number of para-hydroxylation sites is 1. The summed E-state index contributed by atoms with van der Waals surface area (Å²) in [6.07, 6.45) is 0. The molecule has 0 spiro atoms. The number of fused-ring (bicyclic) bond motifs is 1. The normalized spacial score (nSPS) is 11.1. The summed E-state index contributed by atoms with van der Waals surface area (Å²) in [6.45, 7) is 3.96. The molecule has 0 bridgehead atoms. The molecule has 146 valence electrons. The zero-order valence-electron chi connectivity index (χ0n) is 16.0. The molecule has 0 aliphatic carbocycles. The van der Waals surface area contributed by atoms with Gasteiger partial charge in [0, 0.05) is 0 Å². The fourth-order valence-corrected chi connectivity index (χ4v) is 3.89. The van der Waals surface area contributed by atoms with Crippen molar-refractivity contribution in [2.45, 2.75) is 24.8 Å². The Bertz CT molecular complexity index is 1270. The van der Waals surface area contributed by atoms with E-state index in [1.165, 1.54) is 11.8 Å². The van der Waals surface area contributed by atoms with Crippen molar-refractivity contribution >= 4 is 34.6 Å². The Kier molecular flexibility index (Phi) is 4.89. The van der Waals surface area contributed by atoms with E-state index in [0.717, 1.165) is 16.8 Å². The van der Waals surface area contributed by atoms with Crippen LogP contribution in [0.25, 0.3) is 16.6 Å². The molecule has 0 unspecified atom stereocenters. The quantitative estimate of drug-likeness (QED) is 0.392. The first-order valence-corrected chi connectivity index (χ1v) is 9.89. The number of anilines is 2. The van der Waals surface area contributed by atoms with Gasteiger partial charge in [-0.2, -0.15) is 15.0 Å². The summed E-state index contributed by atoms with van der Waals surface area (Å²) in [5, 5.41) is 1.10. The highest BCUT2D eigenvalue weighted by atomic mass is 32.2. The van der Waals surface area contributed by atoms with E-state index >= 15 is 0 Å². The first kappa shape index (κ1) is 18.9. The van der Waals surface area contributed by atoms with Crippen molar-refractivity contribution in [3.63, 3.8) is 0 Å². The van der Waals surface area contributed by atoms with Crippen LogP contribution in [0.1, 0.15) is 17.0 Å². The minimum atomic E-state index is -0.124. The zero-order chi connectivity index (χ0) is 20.5. The molecule has 0 fully saturated rings. The lowest BCUT2D eigenvalue weighted by atomic mass is 10.1. The number of thioether (sulfide) groups is 1. The molecular weight excluding hydrogens is 386 g/mol. The summed E-state index contributed by atoms with van der Waals surface area (Å²) in [6, 6.07) is 13.3. The lowest BCUT2D eigenvalue weighted by Crippen LogP contribution is -2.22. The lowest BCUT2D eigenvalue weighted by molar-refractivity contribution is 0.812. The third kappa shape index (κ3) is 3.77. The maximum absolute atomic E-state index is 13.4. The van der Waals surface area contributed by atoms with Gasteiger partial charge in [0.2, 0.25) is 11.9 Å². The van der Waals surface area contributed by atoms with Crippen molar-refractivity contribution in [3.05, 3.63) is 69.8 Å². The Balaban J connectivity index is 1.87. The van der Waals surface area contributed by atoms with E-state index in [9.17, 15) is 4.79 Å². The van der Waals surface area contributed by atoms with Crippen LogP contribution in [-0.2, 0) is 5.75 Å². The molecule has 0 radical (unpaired) electrons. The van der Waals surface area contributed by atoms with Gasteiger partial charge in [-0.25, -0.2) is 4.98 Å². The Labute approximate surface area is 171 Å². The highest BCUT2D eigenvalue weighted by Gasteiger charge is 2.16. The van der Waals surface area contributed by atoms with Crippen LogP contribution in [0, 0.1) is 13.8 Å². The van der Waals surface area contributed by atoms with Gasteiger partial charge >= 0.3 is 0 Å². The molecule has 4 rings (SSSR count). The molecule has 0 aliphatic heterocycles. The first-order valence-electron chi connectivity index (χ1n) is 8.90. The first-order chi connectivity index (χ1) is 13.9. The van der Waals surface area contributed by atoms with Gasteiger partial charge in [0.05, 0.1) is 22.3 Å². The topological polar surface area (TPSA) is 126 Å². The van der Waals surface area contributed by atoms with E-state index in [1.54, 1.807) is 10.6 Å². The SMILES string of the molecule is Cc1ccc(C)c(-n2c(SCc3nc(N)nc(N)n3)nc3ccccc3c2=O)c1. The Morgan fingerprint density at radius 2 is 1.69 bits per heavy atom. The summed E-state index contributed by atoms with van der Waals surface area (Å²) in [4.78, 5) is 30.1. The molecule has 2 aromatic carbocycles. The van der Waals surface area contributed by atoms with Crippen molar-refractivity contribution in [2.75, 3.05) is 11.5 Å². The molecule has 29 heavy (non-hydrogen) atoms. The molecule has 4 aromatic rings. The number of nitrogens with zero attached hydrogens (tertiary/aromatic N) is 5. The molecule has 2 heterocycles. The third-order valence-corrected chi connectivity index (χ3v) is 5.33. The third-order valence-electron chi connectivity index (χ3n) is 4.40. The van der Waals surface area contributed by atoms with Gasteiger partial charge in [-0.3, -0.25) is 9.36 Å². The number of hydrogen-bond acceptors (Lipinski definition) is 8. The van der Waals surface area contributed by atoms with E-state index in [2.05, 4.69) is 15.0 Å². The van der Waals surface area contributed by atoms with E-state index in [0.29, 0.717) is 27.6 Å². The predicted molar refractivity (Wildman–Crippen MR) is 115 cm³/mol. The standard InChI is InChI=1S/C20H19N7OS/c1-11-7-8-12(2)15(9-11)27-17(28)13-5-3-4-6-14(13)23-20(27)29-10-16-24-18(21)26-19(22)25-16/h3-9H,10H2,1-2H3,(H4,21,22,24,25,26). The fourth-order valence-electron chi connectivity index (χ4n) is 3.03. The molecule has 0 atom stereocenters. The lowest BCUT2D eigenvalue weighted by Gasteiger charge is -2.15. The summed E-state index contributed by atoms with van der Waals surface area (Å²) < 4.78 is 1.64. The number of benzene rings is 2. The molecular formula is C20H19N7OS. The maximum atomic E-state index is 13.4. The Morgan fingerprint density at radius 3 is 2.45 bits per heavy atom. The van der Waals surface area contributed by atoms with Crippen LogP contribution in [0.3, 0.4) is 0 Å². The molecule has 9 heteroatoms. The van der Waals surface area contributed by atoms with Gasteiger partial charge in [0.15, 0.2) is 5.16 Å². The maximum Gasteiger partial charge on any atom is 0.266 e. The van der Waals surface area contributed by atoms with Crippen molar-refractivity contribution < 1.29 is 0 Å². The van der Waals surface area contributed by atoms with Crippen molar-refractivity contribution in [3.8, 4) is 5.69 Å². The molecule has 0 saturated carbocycles. The van der Waals surface area contributed by atoms with Crippen LogP contribution in [0.4, 0.5) is 11.9 Å². The van der Waals surface area contributed by atoms with Crippen LogP contribution in [0.2, 0.25) is 0 Å². The van der Waals surface area contributed by atoms with Gasteiger partial charge in [0.1, 0.15) is 5.82 Å². The van der Waals surface area contributed by atoms with Crippen LogP contribution < -0.4 is 17.0 Å². The molecule has 0 saturated heterocycles. The minimum Gasteiger partial charge on any atom is -0.368 e. The van der Waals surface area contributed by atoms with E-state index in [1.807, 2.05) is 50.2 Å². The second-order valence-corrected chi connectivity index (χ2v) is 7.54. The van der Waals surface area contributed by atoms with Crippen LogP contribution >= 0.6 is 11.8 Å². The van der Waals surface area contributed by atoms with E-state index < -0.39 is 0 Å². The Hall–Kier alpha value is -3.46. The minimum absolute atomic E-state index is 0.0616. The average Bonchev–Trinajstić information content (AvgIpc) is 2.68. The number of hydrogen-bond donors (Lipinski definition) is 2. The summed E-state index contributed by atoms with van der Waals surface area (Å²) >= 11 is 1.34. The largest absolute Gasteiger partial charge is 0.368 e.